The van der Waals surface area contributed by atoms with Gasteiger partial charge in [-0.3, -0.25) is 9.48 Å². The highest BCUT2D eigenvalue weighted by Crippen LogP contribution is 2.06. The lowest BCUT2D eigenvalue weighted by molar-refractivity contribution is -0.117. The highest BCUT2D eigenvalue weighted by molar-refractivity contribution is 7.90. The number of carbonyl (C=O) groups excluding carboxylic acids is 1. The van der Waals surface area contributed by atoms with Crippen LogP contribution in [0, 0.1) is 11.3 Å². The first-order valence-corrected chi connectivity index (χ1v) is 8.52. The van der Waals surface area contributed by atoms with Crippen LogP contribution >= 0.6 is 0 Å². The van der Waals surface area contributed by atoms with Gasteiger partial charge in [0.05, 0.1) is 18.5 Å². The minimum absolute atomic E-state index is 0.00823. The van der Waals surface area contributed by atoms with Gasteiger partial charge in [-0.25, -0.2) is 8.42 Å². The molecule has 1 aromatic heterocycles. The van der Waals surface area contributed by atoms with Crippen molar-refractivity contribution < 1.29 is 13.2 Å². The number of aromatic nitrogens is 2. The van der Waals surface area contributed by atoms with Crippen LogP contribution in [0.25, 0.3) is 6.08 Å². The molecule has 0 unspecified atom stereocenters. The second-order valence-electron chi connectivity index (χ2n) is 4.59. The van der Waals surface area contributed by atoms with E-state index in [4.69, 9.17) is 5.26 Å². The van der Waals surface area contributed by atoms with E-state index in [2.05, 4.69) is 10.4 Å². The van der Waals surface area contributed by atoms with Crippen molar-refractivity contribution in [2.45, 2.75) is 19.9 Å². The van der Waals surface area contributed by atoms with Crippen LogP contribution in [0.1, 0.15) is 18.9 Å². The van der Waals surface area contributed by atoms with Crippen molar-refractivity contribution in [3.63, 3.8) is 0 Å². The fraction of sp³-hybridized carbons (Fsp3) is 0.462. The smallest absolute Gasteiger partial charge is 0.261 e. The van der Waals surface area contributed by atoms with Gasteiger partial charge in [0.25, 0.3) is 5.91 Å². The summed E-state index contributed by atoms with van der Waals surface area (Å²) in [6.45, 7) is 2.66. The zero-order chi connectivity index (χ0) is 15.9. The van der Waals surface area contributed by atoms with Gasteiger partial charge in [-0.05, 0) is 12.5 Å². The molecule has 1 heterocycles. The third kappa shape index (κ3) is 6.23. The van der Waals surface area contributed by atoms with Crippen molar-refractivity contribution >= 4 is 21.8 Å². The van der Waals surface area contributed by atoms with Gasteiger partial charge in [-0.1, -0.05) is 6.92 Å². The Labute approximate surface area is 124 Å². The Balaban J connectivity index is 2.77. The van der Waals surface area contributed by atoms with E-state index in [0.717, 1.165) is 12.7 Å². The molecule has 0 aromatic carbocycles. The Hall–Kier alpha value is -2.14. The maximum Gasteiger partial charge on any atom is 0.261 e. The molecule has 7 nitrogen and oxygen atoms in total. The van der Waals surface area contributed by atoms with Gasteiger partial charge in [-0.15, -0.1) is 0 Å². The monoisotopic (exact) mass is 310 g/mol. The van der Waals surface area contributed by atoms with Crippen molar-refractivity contribution in [3.05, 3.63) is 23.5 Å². The third-order valence-electron chi connectivity index (χ3n) is 2.56. The number of nitriles is 1. The topological polar surface area (TPSA) is 105 Å². The number of nitrogens with one attached hydrogen (secondary N) is 1. The Bertz CT molecular complexity index is 668. The first kappa shape index (κ1) is 16.9. The standard InChI is InChI=1S/C13H18N4O3S/c1-3-4-15-13(18)12(8-14)7-11-9-16-17(10-11)5-6-21(2,19)20/h7,9-10H,3-6H2,1-2H3,(H,15,18)/b12-7+. The maximum atomic E-state index is 11.7. The van der Waals surface area contributed by atoms with Crippen molar-refractivity contribution in [2.24, 2.45) is 0 Å². The molecular formula is C13H18N4O3S. The lowest BCUT2D eigenvalue weighted by Gasteiger charge is -2.00. The van der Waals surface area contributed by atoms with E-state index >= 15 is 0 Å². The van der Waals surface area contributed by atoms with Crippen molar-refractivity contribution in [1.29, 1.82) is 5.26 Å². The van der Waals surface area contributed by atoms with E-state index in [-0.39, 0.29) is 17.9 Å². The van der Waals surface area contributed by atoms with Gasteiger partial charge >= 0.3 is 0 Å². The predicted octanol–water partition coefficient (Wildman–Crippen LogP) is 0.361. The number of sulfone groups is 1. The summed E-state index contributed by atoms with van der Waals surface area (Å²) in [7, 11) is -3.06. The molecule has 1 aromatic rings. The van der Waals surface area contributed by atoms with Crippen molar-refractivity contribution in [2.75, 3.05) is 18.6 Å². The SMILES string of the molecule is CCCNC(=O)/C(C#N)=C/c1cnn(CCS(C)(=O)=O)c1. The van der Waals surface area contributed by atoms with Gasteiger partial charge in [0.15, 0.2) is 0 Å². The molecule has 0 aliphatic rings. The van der Waals surface area contributed by atoms with Crippen LogP contribution in [0.3, 0.4) is 0 Å². The number of hydrogen-bond donors (Lipinski definition) is 1. The summed E-state index contributed by atoms with van der Waals surface area (Å²) in [6, 6.07) is 1.84. The van der Waals surface area contributed by atoms with E-state index in [9.17, 15) is 13.2 Å². The first-order chi connectivity index (χ1) is 9.85. The molecule has 114 valence electrons. The Morgan fingerprint density at radius 3 is 2.86 bits per heavy atom. The average Bonchev–Trinajstić information content (AvgIpc) is 2.87. The molecule has 0 atom stereocenters. The van der Waals surface area contributed by atoms with Gasteiger partial charge in [0.2, 0.25) is 0 Å². The van der Waals surface area contributed by atoms with Crippen LogP contribution in [-0.4, -0.2) is 42.7 Å². The molecule has 1 amide bonds. The molecule has 1 rings (SSSR count). The minimum Gasteiger partial charge on any atom is -0.351 e. The molecule has 0 bridgehead atoms. The number of hydrogen-bond acceptors (Lipinski definition) is 5. The van der Waals surface area contributed by atoms with E-state index in [1.807, 2.05) is 13.0 Å². The first-order valence-electron chi connectivity index (χ1n) is 6.46. The molecular weight excluding hydrogens is 292 g/mol. The normalized spacial score (nSPS) is 12.0. The highest BCUT2D eigenvalue weighted by Gasteiger charge is 2.09. The maximum absolute atomic E-state index is 11.7. The number of amides is 1. The molecule has 0 aliphatic carbocycles. The summed E-state index contributed by atoms with van der Waals surface area (Å²) in [4.78, 5) is 11.7. The Morgan fingerprint density at radius 2 is 2.29 bits per heavy atom. The van der Waals surface area contributed by atoms with E-state index < -0.39 is 15.7 Å². The van der Waals surface area contributed by atoms with Crippen molar-refractivity contribution in [3.8, 4) is 6.07 Å². The molecule has 0 radical (unpaired) electrons. The van der Waals surface area contributed by atoms with Gasteiger partial charge < -0.3 is 5.32 Å². The van der Waals surface area contributed by atoms with Crippen LogP contribution < -0.4 is 5.32 Å². The van der Waals surface area contributed by atoms with Gasteiger partial charge in [-0.2, -0.15) is 10.4 Å². The summed E-state index contributed by atoms with van der Waals surface area (Å²) in [5.74, 6) is -0.442. The molecule has 0 saturated carbocycles. The number of rotatable bonds is 7. The zero-order valence-electron chi connectivity index (χ0n) is 12.0. The second kappa shape index (κ2) is 7.59. The largest absolute Gasteiger partial charge is 0.351 e. The van der Waals surface area contributed by atoms with Crippen LogP contribution in [0.4, 0.5) is 0 Å². The van der Waals surface area contributed by atoms with Crippen LogP contribution in [-0.2, 0) is 21.2 Å². The summed E-state index contributed by atoms with van der Waals surface area (Å²) in [5.41, 5.74) is 0.567. The van der Waals surface area contributed by atoms with Gasteiger partial charge in [0.1, 0.15) is 21.5 Å². The fourth-order valence-electron chi connectivity index (χ4n) is 1.48. The summed E-state index contributed by atoms with van der Waals surface area (Å²) < 4.78 is 23.6. The molecule has 0 spiro atoms. The van der Waals surface area contributed by atoms with Crippen LogP contribution in [0.2, 0.25) is 0 Å². The predicted molar refractivity (Wildman–Crippen MR) is 78.8 cm³/mol. The summed E-state index contributed by atoms with van der Waals surface area (Å²) >= 11 is 0. The number of nitrogens with zero attached hydrogens (tertiary/aromatic N) is 3. The molecule has 8 heteroatoms. The van der Waals surface area contributed by atoms with Crippen LogP contribution in [0.15, 0.2) is 18.0 Å². The lowest BCUT2D eigenvalue weighted by atomic mass is 10.2. The molecule has 0 aliphatic heterocycles. The van der Waals surface area contributed by atoms with E-state index in [0.29, 0.717) is 12.1 Å². The Kier molecular flexibility index (Phi) is 6.11. The summed E-state index contributed by atoms with van der Waals surface area (Å²) in [5, 5.41) is 15.6. The molecule has 0 fully saturated rings. The Morgan fingerprint density at radius 1 is 1.57 bits per heavy atom. The molecule has 21 heavy (non-hydrogen) atoms. The lowest BCUT2D eigenvalue weighted by Crippen LogP contribution is -2.25. The number of carbonyl (C=O) groups is 1. The fourth-order valence-corrected chi connectivity index (χ4v) is 2.00. The highest BCUT2D eigenvalue weighted by atomic mass is 32.2. The number of aryl methyl sites for hydroxylation is 1. The summed E-state index contributed by atoms with van der Waals surface area (Å²) in [6.07, 6.45) is 6.44. The average molecular weight is 310 g/mol. The van der Waals surface area contributed by atoms with Crippen molar-refractivity contribution in [1.82, 2.24) is 15.1 Å². The van der Waals surface area contributed by atoms with E-state index in [1.165, 1.54) is 17.0 Å². The molecule has 0 saturated heterocycles. The zero-order valence-corrected chi connectivity index (χ0v) is 12.9. The van der Waals surface area contributed by atoms with Gasteiger partial charge in [0, 0.05) is 24.6 Å². The van der Waals surface area contributed by atoms with Crippen LogP contribution in [0.5, 0.6) is 0 Å². The quantitative estimate of drug-likeness (QED) is 0.578. The third-order valence-corrected chi connectivity index (χ3v) is 3.48. The van der Waals surface area contributed by atoms with E-state index in [1.54, 1.807) is 6.20 Å². The molecule has 1 N–H and O–H groups in total. The minimum atomic E-state index is -3.06. The second-order valence-corrected chi connectivity index (χ2v) is 6.85.